The highest BCUT2D eigenvalue weighted by atomic mass is 32.2. The maximum absolute atomic E-state index is 13.2. The lowest BCUT2D eigenvalue weighted by Crippen LogP contribution is -2.26. The quantitative estimate of drug-likeness (QED) is 0.845. The van der Waals surface area contributed by atoms with Crippen molar-refractivity contribution in [1.29, 1.82) is 0 Å². The van der Waals surface area contributed by atoms with E-state index >= 15 is 0 Å². The third-order valence-corrected chi connectivity index (χ3v) is 4.24. The van der Waals surface area contributed by atoms with Crippen LogP contribution in [-0.4, -0.2) is 11.8 Å². The van der Waals surface area contributed by atoms with Crippen LogP contribution in [0.4, 0.5) is 8.78 Å². The highest BCUT2D eigenvalue weighted by Crippen LogP contribution is 2.20. The van der Waals surface area contributed by atoms with Gasteiger partial charge in [0.1, 0.15) is 11.6 Å². The van der Waals surface area contributed by atoms with Crippen LogP contribution >= 0.6 is 11.8 Å². The molecule has 0 radical (unpaired) electrons. The second-order valence-corrected chi connectivity index (χ2v) is 5.90. The summed E-state index contributed by atoms with van der Waals surface area (Å²) in [6.07, 6.45) is 0.617. The lowest BCUT2D eigenvalue weighted by molar-refractivity contribution is 0.621. The average molecular weight is 293 g/mol. The van der Waals surface area contributed by atoms with Crippen LogP contribution in [0.2, 0.25) is 0 Å². The summed E-state index contributed by atoms with van der Waals surface area (Å²) in [7, 11) is 0. The molecule has 0 aliphatic rings. The Morgan fingerprint density at radius 2 is 1.85 bits per heavy atom. The van der Waals surface area contributed by atoms with Crippen LogP contribution < -0.4 is 5.73 Å². The van der Waals surface area contributed by atoms with Gasteiger partial charge in [0, 0.05) is 16.7 Å². The number of thioether (sulfide) groups is 1. The van der Waals surface area contributed by atoms with Gasteiger partial charge in [0.05, 0.1) is 0 Å². The highest BCUT2D eigenvalue weighted by molar-refractivity contribution is 7.99. The molecule has 0 saturated heterocycles. The van der Waals surface area contributed by atoms with Gasteiger partial charge in [-0.05, 0) is 54.8 Å². The molecule has 0 heterocycles. The predicted molar refractivity (Wildman–Crippen MR) is 79.9 cm³/mol. The van der Waals surface area contributed by atoms with E-state index in [1.807, 2.05) is 13.0 Å². The van der Waals surface area contributed by atoms with Gasteiger partial charge >= 0.3 is 0 Å². The molecule has 0 saturated carbocycles. The lowest BCUT2D eigenvalue weighted by atomic mass is 10.0. The van der Waals surface area contributed by atoms with Crippen molar-refractivity contribution in [2.75, 3.05) is 5.75 Å². The van der Waals surface area contributed by atoms with E-state index in [9.17, 15) is 8.78 Å². The Bertz CT molecular complexity index is 586. The van der Waals surface area contributed by atoms with E-state index in [-0.39, 0.29) is 17.7 Å². The third kappa shape index (κ3) is 4.32. The molecule has 4 heteroatoms. The molecule has 1 unspecified atom stereocenters. The summed E-state index contributed by atoms with van der Waals surface area (Å²) < 4.78 is 26.3. The molecule has 0 spiro atoms. The summed E-state index contributed by atoms with van der Waals surface area (Å²) in [6.45, 7) is 1.95. The summed E-state index contributed by atoms with van der Waals surface area (Å²) in [5.41, 5.74) is 8.04. The van der Waals surface area contributed by atoms with Crippen LogP contribution in [0.3, 0.4) is 0 Å². The van der Waals surface area contributed by atoms with Gasteiger partial charge in [0.15, 0.2) is 0 Å². The third-order valence-electron chi connectivity index (χ3n) is 3.05. The van der Waals surface area contributed by atoms with Gasteiger partial charge in [-0.2, -0.15) is 0 Å². The SMILES string of the molecule is Cc1ccc(F)cc1CC(N)CSc1cccc(F)c1. The minimum atomic E-state index is -0.246. The number of halogens is 2. The van der Waals surface area contributed by atoms with Crippen molar-refractivity contribution in [2.24, 2.45) is 5.73 Å². The maximum Gasteiger partial charge on any atom is 0.124 e. The van der Waals surface area contributed by atoms with Crippen molar-refractivity contribution >= 4 is 11.8 Å². The Kier molecular flexibility index (Phi) is 5.15. The first-order valence-electron chi connectivity index (χ1n) is 6.43. The molecule has 20 heavy (non-hydrogen) atoms. The molecule has 1 nitrogen and oxygen atoms in total. The fourth-order valence-corrected chi connectivity index (χ4v) is 2.86. The topological polar surface area (TPSA) is 26.0 Å². The second kappa shape index (κ2) is 6.86. The van der Waals surface area contributed by atoms with Crippen LogP contribution in [0.25, 0.3) is 0 Å². The van der Waals surface area contributed by atoms with Crippen LogP contribution in [0.5, 0.6) is 0 Å². The number of hydrogen-bond acceptors (Lipinski definition) is 2. The molecule has 0 bridgehead atoms. The molecule has 0 aliphatic heterocycles. The molecule has 0 fully saturated rings. The minimum Gasteiger partial charge on any atom is -0.327 e. The van der Waals surface area contributed by atoms with Crippen molar-refractivity contribution in [2.45, 2.75) is 24.3 Å². The zero-order valence-corrected chi connectivity index (χ0v) is 12.1. The summed E-state index contributed by atoms with van der Waals surface area (Å²) in [6, 6.07) is 11.1. The standard InChI is InChI=1S/C16H17F2NS/c1-11-5-6-14(18)7-12(11)8-15(19)10-20-16-4-2-3-13(17)9-16/h2-7,9,15H,8,10,19H2,1H3. The van der Waals surface area contributed by atoms with Gasteiger partial charge in [-0.25, -0.2) is 8.78 Å². The normalized spacial score (nSPS) is 12.4. The van der Waals surface area contributed by atoms with E-state index in [1.165, 1.54) is 36.0 Å². The molecule has 2 N–H and O–H groups in total. The predicted octanol–water partition coefficient (Wildman–Crippen LogP) is 3.94. The number of nitrogens with two attached hydrogens (primary N) is 1. The number of aryl methyl sites for hydroxylation is 1. The molecule has 1 atom stereocenters. The van der Waals surface area contributed by atoms with Gasteiger partial charge in [0.2, 0.25) is 0 Å². The molecule has 2 aromatic rings. The van der Waals surface area contributed by atoms with E-state index < -0.39 is 0 Å². The van der Waals surface area contributed by atoms with Gasteiger partial charge in [-0.1, -0.05) is 12.1 Å². The van der Waals surface area contributed by atoms with Crippen LogP contribution in [0.15, 0.2) is 47.4 Å². The molecule has 0 aromatic heterocycles. The summed E-state index contributed by atoms with van der Waals surface area (Å²) >= 11 is 1.51. The largest absolute Gasteiger partial charge is 0.327 e. The van der Waals surface area contributed by atoms with Crippen molar-refractivity contribution in [3.8, 4) is 0 Å². The maximum atomic E-state index is 13.2. The number of hydrogen-bond donors (Lipinski definition) is 1. The highest BCUT2D eigenvalue weighted by Gasteiger charge is 2.08. The Morgan fingerprint density at radius 1 is 1.10 bits per heavy atom. The van der Waals surface area contributed by atoms with E-state index in [0.717, 1.165) is 16.0 Å². The first-order chi connectivity index (χ1) is 9.54. The van der Waals surface area contributed by atoms with Crippen molar-refractivity contribution < 1.29 is 8.78 Å². The fraction of sp³-hybridized carbons (Fsp3) is 0.250. The van der Waals surface area contributed by atoms with Crippen molar-refractivity contribution in [3.63, 3.8) is 0 Å². The summed E-state index contributed by atoms with van der Waals surface area (Å²) in [4.78, 5) is 0.858. The molecule has 2 rings (SSSR count). The van der Waals surface area contributed by atoms with Gasteiger partial charge in [-0.3, -0.25) is 0 Å². The lowest BCUT2D eigenvalue weighted by Gasteiger charge is -2.13. The van der Waals surface area contributed by atoms with Crippen molar-refractivity contribution in [3.05, 3.63) is 65.2 Å². The van der Waals surface area contributed by atoms with Crippen LogP contribution in [0, 0.1) is 18.6 Å². The van der Waals surface area contributed by atoms with E-state index in [4.69, 9.17) is 5.73 Å². The molecule has 2 aromatic carbocycles. The van der Waals surface area contributed by atoms with Gasteiger partial charge in [-0.15, -0.1) is 11.8 Å². The summed E-state index contributed by atoms with van der Waals surface area (Å²) in [5.74, 6) is 0.180. The second-order valence-electron chi connectivity index (χ2n) is 4.80. The Hall–Kier alpha value is -1.39. The Balaban J connectivity index is 1.92. The zero-order valence-electron chi connectivity index (χ0n) is 11.3. The zero-order chi connectivity index (χ0) is 14.5. The summed E-state index contributed by atoms with van der Waals surface area (Å²) in [5, 5.41) is 0. The molecular weight excluding hydrogens is 276 g/mol. The number of rotatable bonds is 5. The Morgan fingerprint density at radius 3 is 2.60 bits per heavy atom. The van der Waals surface area contributed by atoms with Crippen LogP contribution in [0.1, 0.15) is 11.1 Å². The monoisotopic (exact) mass is 293 g/mol. The van der Waals surface area contributed by atoms with E-state index in [1.54, 1.807) is 12.1 Å². The average Bonchev–Trinajstić information content (AvgIpc) is 2.41. The van der Waals surface area contributed by atoms with Gasteiger partial charge < -0.3 is 5.73 Å². The van der Waals surface area contributed by atoms with E-state index in [2.05, 4.69) is 0 Å². The first kappa shape index (κ1) is 15.0. The molecule has 0 aliphatic carbocycles. The van der Waals surface area contributed by atoms with Crippen LogP contribution in [-0.2, 0) is 6.42 Å². The smallest absolute Gasteiger partial charge is 0.124 e. The fourth-order valence-electron chi connectivity index (χ4n) is 1.96. The van der Waals surface area contributed by atoms with Gasteiger partial charge in [0.25, 0.3) is 0 Å². The minimum absolute atomic E-state index is 0.0937. The molecular formula is C16H17F2NS. The first-order valence-corrected chi connectivity index (χ1v) is 7.42. The molecule has 0 amide bonds. The van der Waals surface area contributed by atoms with E-state index in [0.29, 0.717) is 12.2 Å². The Labute approximate surface area is 122 Å². The molecule has 106 valence electrons. The van der Waals surface area contributed by atoms with Crippen molar-refractivity contribution in [1.82, 2.24) is 0 Å². The number of benzene rings is 2.